The Balaban J connectivity index is 1.78. The monoisotopic (exact) mass is 406 g/mol. The zero-order chi connectivity index (χ0) is 18.0. The van der Waals surface area contributed by atoms with Crippen molar-refractivity contribution < 1.29 is 4.79 Å². The summed E-state index contributed by atoms with van der Waals surface area (Å²) in [6.45, 7) is 3.90. The van der Waals surface area contributed by atoms with Crippen LogP contribution in [-0.4, -0.2) is 20.8 Å². The van der Waals surface area contributed by atoms with Gasteiger partial charge < -0.3 is 0 Å². The number of Topliss-reactive ketones (excluding diaryl/α,β-unsaturated/α-hetero) is 1. The first kappa shape index (κ1) is 18.3. The maximum Gasteiger partial charge on any atom is 0.184 e. The van der Waals surface area contributed by atoms with E-state index in [0.29, 0.717) is 14.5 Å². The van der Waals surface area contributed by atoms with E-state index in [0.717, 1.165) is 15.6 Å². The Kier molecular flexibility index (Phi) is 5.74. The van der Waals surface area contributed by atoms with Gasteiger partial charge in [0.05, 0.1) is 10.9 Å². The summed E-state index contributed by atoms with van der Waals surface area (Å²) in [7, 11) is 0. The van der Waals surface area contributed by atoms with Crippen LogP contribution in [0.1, 0.15) is 22.8 Å². The zero-order valence-electron chi connectivity index (χ0n) is 13.6. The van der Waals surface area contributed by atoms with Crippen molar-refractivity contribution in [3.05, 3.63) is 68.6 Å². The molecular formula is C18H15ClN2OS3. The second kappa shape index (κ2) is 7.83. The molecule has 1 heterocycles. The van der Waals surface area contributed by atoms with Crippen LogP contribution in [0.15, 0.2) is 52.9 Å². The molecule has 1 atom stereocenters. The third-order valence-corrected chi connectivity index (χ3v) is 6.25. The summed E-state index contributed by atoms with van der Waals surface area (Å²) < 4.78 is 3.11. The van der Waals surface area contributed by atoms with Gasteiger partial charge in [0, 0.05) is 10.6 Å². The molecule has 0 aliphatic carbocycles. The van der Waals surface area contributed by atoms with E-state index in [1.54, 1.807) is 16.8 Å². The second-order valence-electron chi connectivity index (χ2n) is 5.51. The highest BCUT2D eigenvalue weighted by Crippen LogP contribution is 2.29. The number of carbonyl (C=O) groups is 1. The van der Waals surface area contributed by atoms with E-state index in [-0.39, 0.29) is 11.0 Å². The van der Waals surface area contributed by atoms with E-state index in [2.05, 4.69) is 5.10 Å². The largest absolute Gasteiger partial charge is 0.293 e. The third-order valence-electron chi connectivity index (χ3n) is 3.58. The number of nitrogens with zero attached hydrogens (tertiary/aromatic N) is 2. The van der Waals surface area contributed by atoms with E-state index in [9.17, 15) is 4.79 Å². The first-order valence-electron chi connectivity index (χ1n) is 7.57. The smallest absolute Gasteiger partial charge is 0.184 e. The number of rotatable bonds is 5. The van der Waals surface area contributed by atoms with Crippen LogP contribution in [0.25, 0.3) is 5.69 Å². The summed E-state index contributed by atoms with van der Waals surface area (Å²) >= 11 is 14.2. The summed E-state index contributed by atoms with van der Waals surface area (Å²) in [5, 5.41) is 4.97. The molecule has 1 unspecified atom stereocenters. The highest BCUT2D eigenvalue weighted by atomic mass is 35.5. The van der Waals surface area contributed by atoms with Crippen LogP contribution in [0.2, 0.25) is 5.02 Å². The summed E-state index contributed by atoms with van der Waals surface area (Å²) in [4.78, 5) is 12.6. The Labute approximate surface area is 164 Å². The Bertz CT molecular complexity index is 946. The van der Waals surface area contributed by atoms with Gasteiger partial charge in [-0.15, -0.1) is 5.10 Å². The molecule has 0 spiro atoms. The van der Waals surface area contributed by atoms with Crippen molar-refractivity contribution in [1.29, 1.82) is 0 Å². The van der Waals surface area contributed by atoms with Crippen LogP contribution in [0, 0.1) is 10.9 Å². The van der Waals surface area contributed by atoms with Gasteiger partial charge in [0.25, 0.3) is 0 Å². The van der Waals surface area contributed by atoms with E-state index in [1.165, 1.54) is 23.1 Å². The number of aromatic nitrogens is 2. The molecule has 0 amide bonds. The first-order valence-corrected chi connectivity index (χ1v) is 10.1. The number of hydrogen-bond donors (Lipinski definition) is 0. The van der Waals surface area contributed by atoms with Crippen LogP contribution in [0.3, 0.4) is 0 Å². The van der Waals surface area contributed by atoms with Gasteiger partial charge in [0.1, 0.15) is 0 Å². The number of halogens is 1. The summed E-state index contributed by atoms with van der Waals surface area (Å²) in [5.41, 5.74) is 2.71. The molecule has 0 bridgehead atoms. The van der Waals surface area contributed by atoms with Gasteiger partial charge in [-0.3, -0.25) is 4.79 Å². The first-order chi connectivity index (χ1) is 11.9. The molecule has 0 saturated heterocycles. The predicted octanol–water partition coefficient (Wildman–Crippen LogP) is 5.99. The number of hydrogen-bond acceptors (Lipinski definition) is 5. The van der Waals surface area contributed by atoms with Crippen LogP contribution in [0.4, 0.5) is 0 Å². The maximum absolute atomic E-state index is 12.6. The highest BCUT2D eigenvalue weighted by Gasteiger charge is 2.19. The molecule has 0 N–H and O–H groups in total. The molecular weight excluding hydrogens is 392 g/mol. The Morgan fingerprint density at radius 3 is 2.48 bits per heavy atom. The summed E-state index contributed by atoms with van der Waals surface area (Å²) in [6.07, 6.45) is 0. The molecule has 0 fully saturated rings. The standard InChI is InChI=1S/C18H15ClN2OS3/c1-11-3-5-13(6-4-11)16(22)12(2)24-17-20-21(18(23)25-17)15-9-7-14(19)8-10-15/h3-10,12H,1-2H3. The Morgan fingerprint density at radius 2 is 1.84 bits per heavy atom. The molecule has 0 aliphatic rings. The van der Waals surface area contributed by atoms with Crippen molar-refractivity contribution in [2.75, 3.05) is 0 Å². The number of thioether (sulfide) groups is 1. The van der Waals surface area contributed by atoms with Gasteiger partial charge in [0.2, 0.25) is 0 Å². The van der Waals surface area contributed by atoms with Gasteiger partial charge in [-0.25, -0.2) is 4.68 Å². The van der Waals surface area contributed by atoms with Crippen molar-refractivity contribution in [1.82, 2.24) is 9.78 Å². The molecule has 3 aromatic rings. The van der Waals surface area contributed by atoms with Crippen LogP contribution < -0.4 is 0 Å². The molecule has 2 aromatic carbocycles. The number of carbonyl (C=O) groups excluding carboxylic acids is 1. The molecule has 0 radical (unpaired) electrons. The van der Waals surface area contributed by atoms with Crippen molar-refractivity contribution in [3.63, 3.8) is 0 Å². The summed E-state index contributed by atoms with van der Waals surface area (Å²) in [5.74, 6) is 0.0872. The second-order valence-corrected chi connectivity index (χ2v) is 9.16. The topological polar surface area (TPSA) is 34.9 Å². The van der Waals surface area contributed by atoms with E-state index < -0.39 is 0 Å². The minimum Gasteiger partial charge on any atom is -0.293 e. The van der Waals surface area contributed by atoms with E-state index in [4.69, 9.17) is 23.8 Å². The lowest BCUT2D eigenvalue weighted by Crippen LogP contribution is -2.13. The van der Waals surface area contributed by atoms with Crippen LogP contribution in [0.5, 0.6) is 0 Å². The molecule has 25 heavy (non-hydrogen) atoms. The van der Waals surface area contributed by atoms with Crippen LogP contribution >= 0.6 is 46.9 Å². The third kappa shape index (κ3) is 4.39. The molecule has 3 rings (SSSR count). The lowest BCUT2D eigenvalue weighted by molar-refractivity contribution is 0.0994. The van der Waals surface area contributed by atoms with Gasteiger partial charge >= 0.3 is 0 Å². The quantitative estimate of drug-likeness (QED) is 0.296. The fourth-order valence-corrected chi connectivity index (χ4v) is 4.92. The molecule has 7 heteroatoms. The van der Waals surface area contributed by atoms with Crippen LogP contribution in [-0.2, 0) is 0 Å². The highest BCUT2D eigenvalue weighted by molar-refractivity contribution is 8.02. The number of benzene rings is 2. The average molecular weight is 407 g/mol. The number of ketones is 1. The van der Waals surface area contributed by atoms with Gasteiger partial charge in [0.15, 0.2) is 14.1 Å². The maximum atomic E-state index is 12.6. The van der Waals surface area contributed by atoms with Gasteiger partial charge in [-0.1, -0.05) is 64.5 Å². The van der Waals surface area contributed by atoms with Crippen molar-refractivity contribution in [2.24, 2.45) is 0 Å². The van der Waals surface area contributed by atoms with Crippen molar-refractivity contribution in [2.45, 2.75) is 23.4 Å². The fourth-order valence-electron chi connectivity index (χ4n) is 2.21. The predicted molar refractivity (Wildman–Crippen MR) is 108 cm³/mol. The van der Waals surface area contributed by atoms with Gasteiger partial charge in [-0.2, -0.15) is 0 Å². The Hall–Kier alpha value is -1.47. The minimum atomic E-state index is -0.234. The minimum absolute atomic E-state index is 0.0872. The summed E-state index contributed by atoms with van der Waals surface area (Å²) in [6, 6.07) is 15.0. The fraction of sp³-hybridized carbons (Fsp3) is 0.167. The number of aryl methyl sites for hydroxylation is 1. The van der Waals surface area contributed by atoms with Crippen molar-refractivity contribution >= 4 is 52.7 Å². The Morgan fingerprint density at radius 1 is 1.20 bits per heavy atom. The van der Waals surface area contributed by atoms with Crippen molar-refractivity contribution in [3.8, 4) is 5.69 Å². The van der Waals surface area contributed by atoms with E-state index in [1.807, 2.05) is 50.2 Å². The molecule has 3 nitrogen and oxygen atoms in total. The SMILES string of the molecule is Cc1ccc(C(=O)C(C)Sc2nn(-c3ccc(Cl)cc3)c(=S)s2)cc1. The normalized spacial score (nSPS) is 12.1. The molecule has 1 aromatic heterocycles. The molecule has 0 saturated carbocycles. The average Bonchev–Trinajstić information content (AvgIpc) is 2.96. The zero-order valence-corrected chi connectivity index (χ0v) is 16.8. The lowest BCUT2D eigenvalue weighted by atomic mass is 10.1. The molecule has 128 valence electrons. The van der Waals surface area contributed by atoms with E-state index >= 15 is 0 Å². The van der Waals surface area contributed by atoms with Gasteiger partial charge in [-0.05, 0) is 50.3 Å². The molecule has 0 aliphatic heterocycles. The lowest BCUT2D eigenvalue weighted by Gasteiger charge is -2.08.